The minimum atomic E-state index is 0.776. The van der Waals surface area contributed by atoms with E-state index in [0.29, 0.717) is 0 Å². The molecule has 15 heavy (non-hydrogen) atoms. The smallest absolute Gasteiger partial charge is 0.180 e. The van der Waals surface area contributed by atoms with E-state index in [9.17, 15) is 0 Å². The van der Waals surface area contributed by atoms with Gasteiger partial charge in [0.15, 0.2) is 5.82 Å². The molecule has 3 rings (SSSR count). The SMILES string of the molecule is Cc1cnn(-c2ncnc3cc[nH]c23)c1. The first-order chi connectivity index (χ1) is 7.34. The second-order valence-corrected chi connectivity index (χ2v) is 3.40. The normalized spacial score (nSPS) is 11.0. The molecule has 0 fully saturated rings. The summed E-state index contributed by atoms with van der Waals surface area (Å²) in [6.07, 6.45) is 7.13. The quantitative estimate of drug-likeness (QED) is 0.645. The van der Waals surface area contributed by atoms with Gasteiger partial charge >= 0.3 is 0 Å². The Labute approximate surface area is 85.8 Å². The van der Waals surface area contributed by atoms with Crippen LogP contribution in [-0.4, -0.2) is 24.7 Å². The zero-order valence-corrected chi connectivity index (χ0v) is 8.18. The van der Waals surface area contributed by atoms with Crippen LogP contribution < -0.4 is 0 Å². The van der Waals surface area contributed by atoms with Gasteiger partial charge in [-0.2, -0.15) is 5.10 Å². The third kappa shape index (κ3) is 1.20. The first kappa shape index (κ1) is 8.16. The van der Waals surface area contributed by atoms with Crippen LogP contribution in [0.5, 0.6) is 0 Å². The summed E-state index contributed by atoms with van der Waals surface area (Å²) >= 11 is 0. The van der Waals surface area contributed by atoms with Gasteiger partial charge in [-0.05, 0) is 18.6 Å². The molecule has 0 saturated heterocycles. The molecule has 0 amide bonds. The van der Waals surface area contributed by atoms with Crippen molar-refractivity contribution in [3.05, 3.63) is 36.5 Å². The van der Waals surface area contributed by atoms with Gasteiger partial charge < -0.3 is 4.98 Å². The lowest BCUT2D eigenvalue weighted by Crippen LogP contribution is -1.99. The van der Waals surface area contributed by atoms with Gasteiger partial charge in [-0.1, -0.05) is 0 Å². The largest absolute Gasteiger partial charge is 0.357 e. The number of H-pyrrole nitrogens is 1. The molecule has 0 saturated carbocycles. The molecule has 5 heteroatoms. The summed E-state index contributed by atoms with van der Waals surface area (Å²) in [5, 5.41) is 4.22. The average molecular weight is 199 g/mol. The van der Waals surface area contributed by atoms with Crippen LogP contribution in [0.2, 0.25) is 0 Å². The van der Waals surface area contributed by atoms with E-state index in [4.69, 9.17) is 0 Å². The number of aromatic amines is 1. The van der Waals surface area contributed by atoms with Crippen LogP contribution in [0.25, 0.3) is 16.9 Å². The molecular weight excluding hydrogens is 190 g/mol. The Bertz CT molecular complexity index is 607. The number of aromatic nitrogens is 5. The van der Waals surface area contributed by atoms with Crippen LogP contribution in [0.1, 0.15) is 5.56 Å². The van der Waals surface area contributed by atoms with Gasteiger partial charge in [0.2, 0.25) is 0 Å². The van der Waals surface area contributed by atoms with Crippen molar-refractivity contribution in [3.8, 4) is 5.82 Å². The summed E-state index contributed by atoms with van der Waals surface area (Å²) < 4.78 is 1.75. The fourth-order valence-electron chi connectivity index (χ4n) is 1.56. The third-order valence-electron chi connectivity index (χ3n) is 2.25. The molecule has 0 unspecified atom stereocenters. The van der Waals surface area contributed by atoms with Crippen LogP contribution in [-0.2, 0) is 0 Å². The van der Waals surface area contributed by atoms with E-state index in [2.05, 4.69) is 20.1 Å². The maximum Gasteiger partial charge on any atom is 0.180 e. The number of hydrogen-bond acceptors (Lipinski definition) is 3. The first-order valence-corrected chi connectivity index (χ1v) is 4.64. The summed E-state index contributed by atoms with van der Waals surface area (Å²) in [6, 6.07) is 1.91. The van der Waals surface area contributed by atoms with Crippen LogP contribution in [0.3, 0.4) is 0 Å². The predicted molar refractivity (Wildman–Crippen MR) is 55.7 cm³/mol. The molecule has 0 aliphatic rings. The Morgan fingerprint density at radius 1 is 1.33 bits per heavy atom. The van der Waals surface area contributed by atoms with Crippen molar-refractivity contribution >= 4 is 11.0 Å². The Balaban J connectivity index is 2.30. The van der Waals surface area contributed by atoms with Crippen molar-refractivity contribution in [3.63, 3.8) is 0 Å². The monoisotopic (exact) mass is 199 g/mol. The first-order valence-electron chi connectivity index (χ1n) is 4.64. The molecule has 0 spiro atoms. The average Bonchev–Trinajstić information content (AvgIpc) is 2.84. The highest BCUT2D eigenvalue weighted by molar-refractivity contribution is 5.81. The summed E-state index contributed by atoms with van der Waals surface area (Å²) in [6.45, 7) is 2.00. The van der Waals surface area contributed by atoms with E-state index in [-0.39, 0.29) is 0 Å². The molecule has 5 nitrogen and oxygen atoms in total. The summed E-state index contributed by atoms with van der Waals surface area (Å²) in [4.78, 5) is 11.5. The zero-order chi connectivity index (χ0) is 10.3. The van der Waals surface area contributed by atoms with Gasteiger partial charge in [0.25, 0.3) is 0 Å². The maximum atomic E-state index is 4.22. The van der Waals surface area contributed by atoms with Gasteiger partial charge in [0, 0.05) is 12.4 Å². The fourth-order valence-corrected chi connectivity index (χ4v) is 1.56. The van der Waals surface area contributed by atoms with Crippen molar-refractivity contribution in [2.75, 3.05) is 0 Å². The standard InChI is InChI=1S/C10H9N5/c1-7-4-14-15(5-7)10-9-8(2-3-11-9)12-6-13-10/h2-6,11H,1H3. The molecule has 3 heterocycles. The highest BCUT2D eigenvalue weighted by Crippen LogP contribution is 2.15. The van der Waals surface area contributed by atoms with E-state index < -0.39 is 0 Å². The predicted octanol–water partition coefficient (Wildman–Crippen LogP) is 1.45. The fraction of sp³-hybridized carbons (Fsp3) is 0.100. The van der Waals surface area contributed by atoms with Crippen molar-refractivity contribution in [1.82, 2.24) is 24.7 Å². The number of nitrogens with one attached hydrogen (secondary N) is 1. The molecule has 3 aromatic heterocycles. The van der Waals surface area contributed by atoms with Gasteiger partial charge in [-0.3, -0.25) is 0 Å². The molecule has 0 radical (unpaired) electrons. The third-order valence-corrected chi connectivity index (χ3v) is 2.25. The van der Waals surface area contributed by atoms with Crippen LogP contribution >= 0.6 is 0 Å². The lowest BCUT2D eigenvalue weighted by atomic mass is 10.4. The number of nitrogens with zero attached hydrogens (tertiary/aromatic N) is 4. The minimum absolute atomic E-state index is 0.776. The van der Waals surface area contributed by atoms with Gasteiger partial charge in [0.05, 0.1) is 11.7 Å². The maximum absolute atomic E-state index is 4.22. The molecule has 74 valence electrons. The van der Waals surface area contributed by atoms with Crippen molar-refractivity contribution in [1.29, 1.82) is 0 Å². The van der Waals surface area contributed by atoms with Gasteiger partial charge in [-0.15, -0.1) is 0 Å². The molecule has 3 aromatic rings. The molecule has 0 aliphatic carbocycles. The summed E-state index contributed by atoms with van der Waals surface area (Å²) in [5.41, 5.74) is 2.90. The molecule has 0 aromatic carbocycles. The summed E-state index contributed by atoms with van der Waals surface area (Å²) in [7, 11) is 0. The Morgan fingerprint density at radius 3 is 3.07 bits per heavy atom. The highest BCUT2D eigenvalue weighted by Gasteiger charge is 2.06. The van der Waals surface area contributed by atoms with Crippen molar-refractivity contribution in [2.45, 2.75) is 6.92 Å². The van der Waals surface area contributed by atoms with Crippen molar-refractivity contribution < 1.29 is 0 Å². The number of aryl methyl sites for hydroxylation is 1. The Kier molecular flexibility index (Phi) is 1.58. The molecule has 1 N–H and O–H groups in total. The van der Waals surface area contributed by atoms with Gasteiger partial charge in [-0.25, -0.2) is 14.6 Å². The van der Waals surface area contributed by atoms with Crippen molar-refractivity contribution in [2.24, 2.45) is 0 Å². The summed E-state index contributed by atoms with van der Waals surface area (Å²) in [5.74, 6) is 0.776. The Hall–Kier alpha value is -2.17. The Morgan fingerprint density at radius 2 is 2.27 bits per heavy atom. The zero-order valence-electron chi connectivity index (χ0n) is 8.18. The van der Waals surface area contributed by atoms with Crippen LogP contribution in [0.4, 0.5) is 0 Å². The van der Waals surface area contributed by atoms with E-state index in [1.165, 1.54) is 0 Å². The molecule has 0 aliphatic heterocycles. The second kappa shape index (κ2) is 2.91. The molecule has 0 atom stereocenters. The molecular formula is C10H9N5. The van der Waals surface area contributed by atoms with E-state index in [0.717, 1.165) is 22.4 Å². The number of hydrogen-bond donors (Lipinski definition) is 1. The van der Waals surface area contributed by atoms with E-state index in [1.54, 1.807) is 17.2 Å². The second-order valence-electron chi connectivity index (χ2n) is 3.40. The van der Waals surface area contributed by atoms with Gasteiger partial charge in [0.1, 0.15) is 11.8 Å². The topological polar surface area (TPSA) is 59.4 Å². The van der Waals surface area contributed by atoms with E-state index >= 15 is 0 Å². The lowest BCUT2D eigenvalue weighted by Gasteiger charge is -2.00. The highest BCUT2D eigenvalue weighted by atomic mass is 15.3. The number of fused-ring (bicyclic) bond motifs is 1. The minimum Gasteiger partial charge on any atom is -0.357 e. The lowest BCUT2D eigenvalue weighted by molar-refractivity contribution is 0.848. The molecule has 0 bridgehead atoms. The van der Waals surface area contributed by atoms with E-state index in [1.807, 2.05) is 25.4 Å². The number of rotatable bonds is 1. The van der Waals surface area contributed by atoms with Crippen LogP contribution in [0.15, 0.2) is 31.0 Å². The van der Waals surface area contributed by atoms with Crippen LogP contribution in [0, 0.1) is 6.92 Å².